The monoisotopic (exact) mass is 436 g/mol. The van der Waals surface area contributed by atoms with Gasteiger partial charge in [-0.25, -0.2) is 0 Å². The maximum absolute atomic E-state index is 13.7. The van der Waals surface area contributed by atoms with Crippen LogP contribution in [0.1, 0.15) is 53.7 Å². The molecule has 5 heteroatoms. The van der Waals surface area contributed by atoms with E-state index >= 15 is 0 Å². The highest BCUT2D eigenvalue weighted by atomic mass is 16.5. The Balaban J connectivity index is 1.64. The molecule has 2 aromatic carbocycles. The number of nitrogens with zero attached hydrogens (tertiary/aromatic N) is 2. The Morgan fingerprint density at radius 3 is 1.50 bits per heavy atom. The number of anilines is 2. The second kappa shape index (κ2) is 11.0. The van der Waals surface area contributed by atoms with E-state index in [2.05, 4.69) is 47.9 Å². The largest absolute Gasteiger partial charge is 0.378 e. The Kier molecular flexibility index (Phi) is 7.82. The first-order chi connectivity index (χ1) is 15.7. The van der Waals surface area contributed by atoms with Gasteiger partial charge in [-0.15, -0.1) is 0 Å². The quantitative estimate of drug-likeness (QED) is 0.570. The van der Waals surface area contributed by atoms with Gasteiger partial charge < -0.3 is 19.3 Å². The van der Waals surface area contributed by atoms with E-state index in [0.29, 0.717) is 0 Å². The summed E-state index contributed by atoms with van der Waals surface area (Å²) in [5, 5.41) is 0. The Bertz CT molecular complexity index is 842. The van der Waals surface area contributed by atoms with Crippen molar-refractivity contribution in [3.63, 3.8) is 0 Å². The van der Waals surface area contributed by atoms with Gasteiger partial charge in [0.2, 0.25) is 0 Å². The summed E-state index contributed by atoms with van der Waals surface area (Å²) in [5.41, 5.74) is 6.40. The maximum Gasteiger partial charge on any atom is 0.193 e. The van der Waals surface area contributed by atoms with Gasteiger partial charge in [0.1, 0.15) is 0 Å². The molecule has 4 rings (SSSR count). The molecule has 0 radical (unpaired) electrons. The van der Waals surface area contributed by atoms with Crippen molar-refractivity contribution in [2.24, 2.45) is 0 Å². The number of ketones is 1. The van der Waals surface area contributed by atoms with Gasteiger partial charge in [-0.05, 0) is 60.4 Å². The zero-order chi connectivity index (χ0) is 22.3. The molecule has 5 nitrogen and oxygen atoms in total. The molecule has 0 N–H and O–H groups in total. The minimum atomic E-state index is 0.152. The van der Waals surface area contributed by atoms with Crippen LogP contribution in [-0.4, -0.2) is 58.4 Å². The van der Waals surface area contributed by atoms with Gasteiger partial charge >= 0.3 is 0 Å². The molecule has 2 aliphatic rings. The maximum atomic E-state index is 13.7. The summed E-state index contributed by atoms with van der Waals surface area (Å²) in [6.45, 7) is 11.0. The van der Waals surface area contributed by atoms with E-state index < -0.39 is 0 Å². The van der Waals surface area contributed by atoms with Crippen molar-refractivity contribution in [1.82, 2.24) is 0 Å². The van der Waals surface area contributed by atoms with E-state index in [1.807, 2.05) is 12.1 Å². The van der Waals surface area contributed by atoms with Gasteiger partial charge in [-0.1, -0.05) is 26.7 Å². The molecule has 0 amide bonds. The number of morpholine rings is 2. The lowest BCUT2D eigenvalue weighted by Crippen LogP contribution is -2.36. The third-order valence-electron chi connectivity index (χ3n) is 6.46. The summed E-state index contributed by atoms with van der Waals surface area (Å²) in [6, 6.07) is 12.8. The number of ether oxygens (including phenoxy) is 2. The normalized spacial score (nSPS) is 16.9. The van der Waals surface area contributed by atoms with Crippen LogP contribution in [0.25, 0.3) is 0 Å². The number of hydrogen-bond acceptors (Lipinski definition) is 5. The number of rotatable bonds is 8. The first kappa shape index (κ1) is 22.8. The molecule has 0 bridgehead atoms. The van der Waals surface area contributed by atoms with E-state index in [1.54, 1.807) is 0 Å². The number of carbonyl (C=O) groups excluding carboxylic acids is 1. The molecular formula is C27H36N2O3. The molecule has 2 fully saturated rings. The van der Waals surface area contributed by atoms with Crippen LogP contribution in [-0.2, 0) is 22.3 Å². The van der Waals surface area contributed by atoms with Crippen LogP contribution in [0, 0.1) is 0 Å². The van der Waals surface area contributed by atoms with Crippen molar-refractivity contribution in [3.05, 3.63) is 58.7 Å². The van der Waals surface area contributed by atoms with Gasteiger partial charge in [-0.2, -0.15) is 0 Å². The number of benzene rings is 2. The van der Waals surface area contributed by atoms with Gasteiger partial charge in [0.25, 0.3) is 0 Å². The lowest BCUT2D eigenvalue weighted by molar-refractivity contribution is 0.103. The molecule has 172 valence electrons. The minimum Gasteiger partial charge on any atom is -0.378 e. The standard InChI is InChI=1S/C27H36N2O3/c1-3-5-21-19-23(28-11-15-31-16-12-28)7-9-25(21)27(30)26-10-8-24(20-22(26)6-4-2)29-13-17-32-18-14-29/h7-10,19-20H,3-6,11-18H2,1-2H3. The number of hydrogen-bond donors (Lipinski definition) is 0. The van der Waals surface area contributed by atoms with Crippen LogP contribution in [0.15, 0.2) is 36.4 Å². The van der Waals surface area contributed by atoms with Crippen molar-refractivity contribution < 1.29 is 14.3 Å². The molecule has 32 heavy (non-hydrogen) atoms. The highest BCUT2D eigenvalue weighted by Crippen LogP contribution is 2.28. The van der Waals surface area contributed by atoms with Crippen molar-refractivity contribution in [2.75, 3.05) is 62.4 Å². The topological polar surface area (TPSA) is 42.0 Å². The summed E-state index contributed by atoms with van der Waals surface area (Å²) in [7, 11) is 0. The number of aryl methyl sites for hydroxylation is 2. The third kappa shape index (κ3) is 5.16. The molecule has 2 aromatic rings. The molecule has 2 aliphatic heterocycles. The summed E-state index contributed by atoms with van der Waals surface area (Å²) >= 11 is 0. The second-order valence-corrected chi connectivity index (χ2v) is 8.71. The van der Waals surface area contributed by atoms with E-state index in [1.165, 1.54) is 11.4 Å². The van der Waals surface area contributed by atoms with Crippen LogP contribution < -0.4 is 9.80 Å². The zero-order valence-electron chi connectivity index (χ0n) is 19.6. The van der Waals surface area contributed by atoms with Crippen LogP contribution >= 0.6 is 0 Å². The number of carbonyl (C=O) groups is 1. The molecule has 2 saturated heterocycles. The van der Waals surface area contributed by atoms with Gasteiger partial charge in [0.15, 0.2) is 5.78 Å². The van der Waals surface area contributed by atoms with Gasteiger partial charge in [-0.3, -0.25) is 4.79 Å². The van der Waals surface area contributed by atoms with Crippen LogP contribution in [0.5, 0.6) is 0 Å². The Hall–Kier alpha value is -2.37. The van der Waals surface area contributed by atoms with E-state index in [4.69, 9.17) is 9.47 Å². The van der Waals surface area contributed by atoms with E-state index in [9.17, 15) is 4.79 Å². The van der Waals surface area contributed by atoms with Crippen molar-refractivity contribution in [1.29, 1.82) is 0 Å². The highest BCUT2D eigenvalue weighted by molar-refractivity contribution is 6.11. The fraction of sp³-hybridized carbons (Fsp3) is 0.519. The Labute approximate surface area is 192 Å². The van der Waals surface area contributed by atoms with E-state index in [0.717, 1.165) is 101 Å². The SMILES string of the molecule is CCCc1cc(N2CCOCC2)ccc1C(=O)c1ccc(N2CCOCC2)cc1CCC. The second-order valence-electron chi connectivity index (χ2n) is 8.71. The van der Waals surface area contributed by atoms with Crippen LogP contribution in [0.4, 0.5) is 11.4 Å². The van der Waals surface area contributed by atoms with Crippen molar-refractivity contribution >= 4 is 17.2 Å². The fourth-order valence-corrected chi connectivity index (χ4v) is 4.74. The van der Waals surface area contributed by atoms with E-state index in [-0.39, 0.29) is 5.78 Å². The lowest BCUT2D eigenvalue weighted by Gasteiger charge is -2.30. The Morgan fingerprint density at radius 1 is 0.719 bits per heavy atom. The van der Waals surface area contributed by atoms with Gasteiger partial charge in [0, 0.05) is 48.7 Å². The first-order valence-corrected chi connectivity index (χ1v) is 12.2. The predicted molar refractivity (Wildman–Crippen MR) is 130 cm³/mol. The smallest absolute Gasteiger partial charge is 0.193 e. The Morgan fingerprint density at radius 2 is 1.12 bits per heavy atom. The molecule has 0 unspecified atom stereocenters. The summed E-state index contributed by atoms with van der Waals surface area (Å²) < 4.78 is 11.0. The molecule has 0 aromatic heterocycles. The molecule has 0 saturated carbocycles. The van der Waals surface area contributed by atoms with Crippen molar-refractivity contribution in [3.8, 4) is 0 Å². The van der Waals surface area contributed by atoms with Crippen molar-refractivity contribution in [2.45, 2.75) is 39.5 Å². The fourth-order valence-electron chi connectivity index (χ4n) is 4.74. The summed E-state index contributed by atoms with van der Waals surface area (Å²) in [5.74, 6) is 0.152. The molecule has 2 heterocycles. The summed E-state index contributed by atoms with van der Waals surface area (Å²) in [6.07, 6.45) is 3.86. The minimum absolute atomic E-state index is 0.152. The first-order valence-electron chi connectivity index (χ1n) is 12.2. The third-order valence-corrected chi connectivity index (χ3v) is 6.46. The average molecular weight is 437 g/mol. The highest BCUT2D eigenvalue weighted by Gasteiger charge is 2.21. The van der Waals surface area contributed by atoms with Crippen LogP contribution in [0.3, 0.4) is 0 Å². The van der Waals surface area contributed by atoms with Gasteiger partial charge in [0.05, 0.1) is 26.4 Å². The molecule has 0 atom stereocenters. The zero-order valence-corrected chi connectivity index (χ0v) is 19.6. The lowest BCUT2D eigenvalue weighted by atomic mass is 9.91. The summed E-state index contributed by atoms with van der Waals surface area (Å²) in [4.78, 5) is 18.5. The predicted octanol–water partition coefficient (Wildman–Crippen LogP) is 4.50. The molecular weight excluding hydrogens is 400 g/mol. The molecule has 0 aliphatic carbocycles. The van der Waals surface area contributed by atoms with Crippen LogP contribution in [0.2, 0.25) is 0 Å². The molecule has 0 spiro atoms. The average Bonchev–Trinajstić information content (AvgIpc) is 2.85.